The molecule has 3 atom stereocenters. The lowest BCUT2D eigenvalue weighted by Gasteiger charge is -2.46. The maximum atomic E-state index is 10.8. The third kappa shape index (κ3) is 4.95. The fraction of sp³-hybridized carbons (Fsp3) is 1.00. The van der Waals surface area contributed by atoms with Crippen LogP contribution < -0.4 is 0 Å². The lowest BCUT2D eigenvalue weighted by atomic mass is 9.61. The number of aliphatic hydroxyl groups excluding tert-OH is 2. The zero-order valence-corrected chi connectivity index (χ0v) is 16.1. The van der Waals surface area contributed by atoms with Crippen LogP contribution >= 0.6 is 0 Å². The normalized spacial score (nSPS) is 37.6. The van der Waals surface area contributed by atoms with Gasteiger partial charge in [-0.1, -0.05) is 41.0 Å². The van der Waals surface area contributed by atoms with Crippen LogP contribution in [0.2, 0.25) is 0 Å². The van der Waals surface area contributed by atoms with Gasteiger partial charge < -0.3 is 10.2 Å². The van der Waals surface area contributed by atoms with Crippen molar-refractivity contribution in [2.75, 3.05) is 0 Å². The number of aliphatic hydroxyl groups is 2. The second-order valence-corrected chi connectivity index (χ2v) is 10.1. The predicted molar refractivity (Wildman–Crippen MR) is 97.3 cm³/mol. The summed E-state index contributed by atoms with van der Waals surface area (Å²) in [6.07, 6.45) is 9.31. The molecular weight excluding hydrogens is 284 g/mol. The van der Waals surface area contributed by atoms with Gasteiger partial charge in [0.1, 0.15) is 0 Å². The van der Waals surface area contributed by atoms with Gasteiger partial charge in [-0.15, -0.1) is 0 Å². The Kier molecular flexibility index (Phi) is 6.22. The molecule has 136 valence electrons. The van der Waals surface area contributed by atoms with Gasteiger partial charge in [-0.2, -0.15) is 0 Å². The number of rotatable bonds is 5. The summed E-state index contributed by atoms with van der Waals surface area (Å²) in [7, 11) is 0. The maximum absolute atomic E-state index is 10.8. The summed E-state index contributed by atoms with van der Waals surface area (Å²) in [4.78, 5) is 0. The summed E-state index contributed by atoms with van der Waals surface area (Å²) >= 11 is 0. The molecule has 23 heavy (non-hydrogen) atoms. The van der Waals surface area contributed by atoms with E-state index in [0.29, 0.717) is 17.8 Å². The fourth-order valence-corrected chi connectivity index (χ4v) is 5.43. The average Bonchev–Trinajstić information content (AvgIpc) is 2.45. The first-order valence-electron chi connectivity index (χ1n) is 9.99. The van der Waals surface area contributed by atoms with E-state index in [1.165, 1.54) is 25.7 Å². The van der Waals surface area contributed by atoms with Gasteiger partial charge in [0.15, 0.2) is 0 Å². The Morgan fingerprint density at radius 3 is 2.00 bits per heavy atom. The van der Waals surface area contributed by atoms with Gasteiger partial charge in [-0.25, -0.2) is 0 Å². The molecule has 2 rings (SSSR count). The standard InChI is InChI=1S/C21H40O2/c1-15(2)16-7-9-17(10-8-16)18(22)13-19(23)21(5)12-6-11-20(3,4)14-21/h15-19,22-23H,6-14H2,1-5H3. The third-order valence-electron chi connectivity index (χ3n) is 7.06. The van der Waals surface area contributed by atoms with Gasteiger partial charge in [0, 0.05) is 6.42 Å². The largest absolute Gasteiger partial charge is 0.393 e. The van der Waals surface area contributed by atoms with Gasteiger partial charge in [0.05, 0.1) is 12.2 Å². The van der Waals surface area contributed by atoms with Crippen LogP contribution in [0.25, 0.3) is 0 Å². The molecule has 2 aliphatic carbocycles. The van der Waals surface area contributed by atoms with Crippen molar-refractivity contribution in [2.24, 2.45) is 28.6 Å². The Morgan fingerprint density at radius 1 is 0.913 bits per heavy atom. The van der Waals surface area contributed by atoms with Gasteiger partial charge in [0.25, 0.3) is 0 Å². The molecule has 0 amide bonds. The van der Waals surface area contributed by atoms with Crippen LogP contribution in [0.15, 0.2) is 0 Å². The molecule has 3 unspecified atom stereocenters. The first-order valence-corrected chi connectivity index (χ1v) is 9.99. The van der Waals surface area contributed by atoms with Crippen molar-refractivity contribution in [3.63, 3.8) is 0 Å². The van der Waals surface area contributed by atoms with E-state index in [1.54, 1.807) is 0 Å². The number of hydrogen-bond donors (Lipinski definition) is 2. The smallest absolute Gasteiger partial charge is 0.0618 e. The molecule has 2 heteroatoms. The van der Waals surface area contributed by atoms with Crippen LogP contribution in [0, 0.1) is 28.6 Å². The van der Waals surface area contributed by atoms with E-state index >= 15 is 0 Å². The summed E-state index contributed by atoms with van der Waals surface area (Å²) < 4.78 is 0. The Bertz CT molecular complexity index is 368. The second kappa shape index (κ2) is 7.44. The van der Waals surface area contributed by atoms with E-state index in [0.717, 1.165) is 37.5 Å². The van der Waals surface area contributed by atoms with Crippen molar-refractivity contribution < 1.29 is 10.2 Å². The molecule has 2 aliphatic rings. The summed E-state index contributed by atoms with van der Waals surface area (Å²) in [5.41, 5.74) is 0.312. The minimum Gasteiger partial charge on any atom is -0.393 e. The van der Waals surface area contributed by atoms with Gasteiger partial charge >= 0.3 is 0 Å². The lowest BCUT2D eigenvalue weighted by molar-refractivity contribution is -0.0627. The van der Waals surface area contributed by atoms with Crippen molar-refractivity contribution in [1.82, 2.24) is 0 Å². The van der Waals surface area contributed by atoms with E-state index < -0.39 is 0 Å². The molecule has 0 heterocycles. The molecule has 0 aromatic heterocycles. The van der Waals surface area contributed by atoms with Crippen LogP contribution in [0.1, 0.15) is 92.4 Å². The molecule has 0 spiro atoms. The van der Waals surface area contributed by atoms with Crippen molar-refractivity contribution in [3.05, 3.63) is 0 Å². The Morgan fingerprint density at radius 2 is 1.48 bits per heavy atom. The Balaban J connectivity index is 1.86. The molecular formula is C21H40O2. The van der Waals surface area contributed by atoms with E-state index in [9.17, 15) is 10.2 Å². The monoisotopic (exact) mass is 324 g/mol. The molecule has 0 radical (unpaired) electrons. The summed E-state index contributed by atoms with van der Waals surface area (Å²) in [5.74, 6) is 2.00. The van der Waals surface area contributed by atoms with Crippen LogP contribution in [0.4, 0.5) is 0 Å². The van der Waals surface area contributed by atoms with E-state index in [-0.39, 0.29) is 17.6 Å². The molecule has 0 aromatic carbocycles. The third-order valence-corrected chi connectivity index (χ3v) is 7.06. The van der Waals surface area contributed by atoms with Crippen molar-refractivity contribution >= 4 is 0 Å². The molecule has 0 saturated heterocycles. The Hall–Kier alpha value is -0.0800. The highest BCUT2D eigenvalue weighted by Crippen LogP contribution is 2.49. The van der Waals surface area contributed by atoms with Gasteiger partial charge in [-0.05, 0) is 73.5 Å². The molecule has 2 N–H and O–H groups in total. The SMILES string of the molecule is CC(C)C1CCC(C(O)CC(O)C2(C)CCCC(C)(C)C2)CC1. The second-order valence-electron chi connectivity index (χ2n) is 10.1. The zero-order chi connectivity index (χ0) is 17.3. The highest BCUT2D eigenvalue weighted by atomic mass is 16.3. The van der Waals surface area contributed by atoms with Crippen LogP contribution in [0.3, 0.4) is 0 Å². The van der Waals surface area contributed by atoms with Crippen molar-refractivity contribution in [1.29, 1.82) is 0 Å². The summed E-state index contributed by atoms with van der Waals surface area (Å²) in [6.45, 7) is 11.5. The summed E-state index contributed by atoms with van der Waals surface area (Å²) in [5, 5.41) is 21.5. The number of hydrogen-bond acceptors (Lipinski definition) is 2. The van der Waals surface area contributed by atoms with Crippen LogP contribution in [-0.4, -0.2) is 22.4 Å². The average molecular weight is 325 g/mol. The fourth-order valence-electron chi connectivity index (χ4n) is 5.43. The first kappa shape index (κ1) is 19.2. The summed E-state index contributed by atoms with van der Waals surface area (Å²) in [6, 6.07) is 0. The topological polar surface area (TPSA) is 40.5 Å². The predicted octanol–water partition coefficient (Wildman–Crippen LogP) is 5.17. The van der Waals surface area contributed by atoms with E-state index in [2.05, 4.69) is 34.6 Å². The van der Waals surface area contributed by atoms with E-state index in [1.807, 2.05) is 0 Å². The zero-order valence-electron chi connectivity index (χ0n) is 16.1. The molecule has 2 saturated carbocycles. The van der Waals surface area contributed by atoms with Crippen molar-refractivity contribution in [3.8, 4) is 0 Å². The minimum atomic E-state index is -0.361. The highest BCUT2D eigenvalue weighted by Gasteiger charge is 2.42. The first-order chi connectivity index (χ1) is 10.6. The minimum absolute atomic E-state index is 0.0160. The molecule has 0 aromatic rings. The van der Waals surface area contributed by atoms with Crippen molar-refractivity contribution in [2.45, 2.75) is 105 Å². The maximum Gasteiger partial charge on any atom is 0.0618 e. The molecule has 2 nitrogen and oxygen atoms in total. The quantitative estimate of drug-likeness (QED) is 0.732. The molecule has 0 bridgehead atoms. The van der Waals surface area contributed by atoms with Gasteiger partial charge in [0.2, 0.25) is 0 Å². The lowest BCUT2D eigenvalue weighted by Crippen LogP contribution is -2.42. The molecule has 0 aliphatic heterocycles. The van der Waals surface area contributed by atoms with Crippen LogP contribution in [-0.2, 0) is 0 Å². The Labute approximate surface area is 144 Å². The van der Waals surface area contributed by atoms with Gasteiger partial charge in [-0.3, -0.25) is 0 Å². The van der Waals surface area contributed by atoms with Crippen LogP contribution in [0.5, 0.6) is 0 Å². The highest BCUT2D eigenvalue weighted by molar-refractivity contribution is 4.93. The van der Waals surface area contributed by atoms with E-state index in [4.69, 9.17) is 0 Å². The molecule has 2 fully saturated rings.